The summed E-state index contributed by atoms with van der Waals surface area (Å²) in [6.07, 6.45) is 0. The van der Waals surface area contributed by atoms with Gasteiger partial charge in [0.2, 0.25) is 5.91 Å². The maximum atomic E-state index is 13.3. The van der Waals surface area contributed by atoms with E-state index in [1.807, 2.05) is 0 Å². The average molecular weight is 269 g/mol. The molecule has 1 rings (SSSR count). The lowest BCUT2D eigenvalue weighted by molar-refractivity contribution is -0.121. The van der Waals surface area contributed by atoms with Crippen LogP contribution in [0.1, 0.15) is 12.5 Å². The fraction of sp³-hybridized carbons (Fsp3) is 0.462. The molecule has 19 heavy (non-hydrogen) atoms. The molecule has 1 atom stereocenters. The molecule has 0 saturated heterocycles. The molecular weight excluding hydrogens is 249 g/mol. The van der Waals surface area contributed by atoms with Gasteiger partial charge in [-0.25, -0.2) is 4.39 Å². The summed E-state index contributed by atoms with van der Waals surface area (Å²) in [5.41, 5.74) is 7.01. The predicted octanol–water partition coefficient (Wildman–Crippen LogP) is 1.28. The second-order valence-electron chi connectivity index (χ2n) is 4.34. The van der Waals surface area contributed by atoms with E-state index >= 15 is 0 Å². The zero-order valence-electron chi connectivity index (χ0n) is 11.4. The first kappa shape index (κ1) is 15.2. The number of nitrogen functional groups attached to an aromatic ring is 1. The maximum absolute atomic E-state index is 13.3. The second-order valence-corrected chi connectivity index (χ2v) is 4.34. The lowest BCUT2D eigenvalue weighted by Crippen LogP contribution is -2.39. The largest absolute Gasteiger partial charge is 0.397 e. The van der Waals surface area contributed by atoms with E-state index in [4.69, 9.17) is 10.5 Å². The SMILES string of the molecule is COCCNC(=O)C(C)Nc1cc(C)c(F)cc1N. The molecule has 4 N–H and O–H groups in total. The Kier molecular flexibility index (Phi) is 5.57. The maximum Gasteiger partial charge on any atom is 0.242 e. The van der Waals surface area contributed by atoms with Gasteiger partial charge in [-0.1, -0.05) is 0 Å². The fourth-order valence-electron chi connectivity index (χ4n) is 1.55. The smallest absolute Gasteiger partial charge is 0.242 e. The van der Waals surface area contributed by atoms with Gasteiger partial charge in [0.25, 0.3) is 0 Å². The van der Waals surface area contributed by atoms with Gasteiger partial charge >= 0.3 is 0 Å². The monoisotopic (exact) mass is 269 g/mol. The van der Waals surface area contributed by atoms with E-state index in [1.54, 1.807) is 27.0 Å². The highest BCUT2D eigenvalue weighted by Gasteiger charge is 2.14. The highest BCUT2D eigenvalue weighted by Crippen LogP contribution is 2.23. The summed E-state index contributed by atoms with van der Waals surface area (Å²) in [5.74, 6) is -0.529. The molecule has 1 aromatic carbocycles. The standard InChI is InChI=1S/C13H20FN3O2/c1-8-6-12(11(15)7-10(8)14)17-9(2)13(18)16-4-5-19-3/h6-7,9,17H,4-5,15H2,1-3H3,(H,16,18). The minimum atomic E-state index is -0.469. The quantitative estimate of drug-likeness (QED) is 0.537. The third-order valence-electron chi connectivity index (χ3n) is 2.70. The van der Waals surface area contributed by atoms with Crippen LogP contribution in [0.25, 0.3) is 0 Å². The topological polar surface area (TPSA) is 76.4 Å². The number of methoxy groups -OCH3 is 1. The Labute approximate surface area is 112 Å². The molecule has 0 aliphatic carbocycles. The molecule has 0 saturated carbocycles. The van der Waals surface area contributed by atoms with Gasteiger partial charge < -0.3 is 21.1 Å². The fourth-order valence-corrected chi connectivity index (χ4v) is 1.55. The van der Waals surface area contributed by atoms with Crippen LogP contribution in [0.3, 0.4) is 0 Å². The lowest BCUT2D eigenvalue weighted by atomic mass is 10.1. The Morgan fingerprint density at radius 2 is 2.21 bits per heavy atom. The van der Waals surface area contributed by atoms with E-state index in [1.165, 1.54) is 6.07 Å². The Balaban J connectivity index is 2.63. The minimum Gasteiger partial charge on any atom is -0.397 e. The van der Waals surface area contributed by atoms with E-state index < -0.39 is 6.04 Å². The van der Waals surface area contributed by atoms with Crippen molar-refractivity contribution in [2.75, 3.05) is 31.3 Å². The highest BCUT2D eigenvalue weighted by molar-refractivity contribution is 5.85. The van der Waals surface area contributed by atoms with Gasteiger partial charge in [-0.05, 0) is 31.5 Å². The van der Waals surface area contributed by atoms with Crippen LogP contribution in [0.15, 0.2) is 12.1 Å². The third-order valence-corrected chi connectivity index (χ3v) is 2.70. The number of halogens is 1. The van der Waals surface area contributed by atoms with Crippen molar-refractivity contribution in [3.8, 4) is 0 Å². The molecule has 1 amide bonds. The Bertz CT molecular complexity index is 452. The van der Waals surface area contributed by atoms with Crippen molar-refractivity contribution in [3.05, 3.63) is 23.5 Å². The van der Waals surface area contributed by atoms with E-state index in [9.17, 15) is 9.18 Å². The van der Waals surface area contributed by atoms with Crippen LogP contribution < -0.4 is 16.4 Å². The van der Waals surface area contributed by atoms with Crippen molar-refractivity contribution in [2.45, 2.75) is 19.9 Å². The molecule has 0 radical (unpaired) electrons. The minimum absolute atomic E-state index is 0.168. The number of ether oxygens (including phenoxy) is 1. The molecule has 0 aliphatic rings. The van der Waals surface area contributed by atoms with Gasteiger partial charge in [0, 0.05) is 13.7 Å². The normalized spacial score (nSPS) is 12.0. The van der Waals surface area contributed by atoms with E-state index in [0.717, 1.165) is 0 Å². The number of carbonyl (C=O) groups is 1. The number of benzene rings is 1. The van der Waals surface area contributed by atoms with E-state index in [2.05, 4.69) is 10.6 Å². The molecule has 106 valence electrons. The molecule has 0 bridgehead atoms. The molecular formula is C13H20FN3O2. The summed E-state index contributed by atoms with van der Waals surface area (Å²) >= 11 is 0. The summed E-state index contributed by atoms with van der Waals surface area (Å²) < 4.78 is 18.1. The van der Waals surface area contributed by atoms with Crippen LogP contribution in [-0.4, -0.2) is 32.2 Å². The number of rotatable bonds is 6. The highest BCUT2D eigenvalue weighted by atomic mass is 19.1. The van der Waals surface area contributed by atoms with Crippen molar-refractivity contribution >= 4 is 17.3 Å². The Morgan fingerprint density at radius 3 is 2.84 bits per heavy atom. The number of hydrogen-bond donors (Lipinski definition) is 3. The molecule has 6 heteroatoms. The van der Waals surface area contributed by atoms with Gasteiger partial charge in [-0.15, -0.1) is 0 Å². The van der Waals surface area contributed by atoms with Gasteiger partial charge in [-0.3, -0.25) is 4.79 Å². The number of nitrogens with two attached hydrogens (primary N) is 1. The van der Waals surface area contributed by atoms with Crippen molar-refractivity contribution in [3.63, 3.8) is 0 Å². The van der Waals surface area contributed by atoms with Gasteiger partial charge in [-0.2, -0.15) is 0 Å². The number of hydrogen-bond acceptors (Lipinski definition) is 4. The zero-order chi connectivity index (χ0) is 14.4. The Hall–Kier alpha value is -1.82. The van der Waals surface area contributed by atoms with Crippen LogP contribution in [0, 0.1) is 12.7 Å². The van der Waals surface area contributed by atoms with Crippen molar-refractivity contribution in [1.29, 1.82) is 0 Å². The zero-order valence-corrected chi connectivity index (χ0v) is 11.4. The summed E-state index contributed by atoms with van der Waals surface area (Å²) in [6.45, 7) is 4.25. The van der Waals surface area contributed by atoms with Crippen molar-refractivity contribution < 1.29 is 13.9 Å². The van der Waals surface area contributed by atoms with Crippen molar-refractivity contribution in [1.82, 2.24) is 5.32 Å². The summed E-state index contributed by atoms with van der Waals surface area (Å²) in [6, 6.07) is 2.36. The number of anilines is 2. The molecule has 0 aliphatic heterocycles. The van der Waals surface area contributed by atoms with Gasteiger partial charge in [0.15, 0.2) is 0 Å². The molecule has 5 nitrogen and oxygen atoms in total. The first-order valence-electron chi connectivity index (χ1n) is 6.04. The Morgan fingerprint density at radius 1 is 1.53 bits per heavy atom. The number of carbonyl (C=O) groups excluding carboxylic acids is 1. The van der Waals surface area contributed by atoms with Crippen molar-refractivity contribution in [2.24, 2.45) is 0 Å². The molecule has 0 heterocycles. The van der Waals surface area contributed by atoms with Crippen LogP contribution in [-0.2, 0) is 9.53 Å². The molecule has 1 aromatic rings. The predicted molar refractivity (Wildman–Crippen MR) is 73.5 cm³/mol. The van der Waals surface area contributed by atoms with Gasteiger partial charge in [0.05, 0.1) is 18.0 Å². The van der Waals surface area contributed by atoms with Crippen LogP contribution in [0.2, 0.25) is 0 Å². The van der Waals surface area contributed by atoms with Gasteiger partial charge in [0.1, 0.15) is 11.9 Å². The third kappa shape index (κ3) is 4.40. The molecule has 1 unspecified atom stereocenters. The summed E-state index contributed by atoms with van der Waals surface area (Å²) in [5, 5.41) is 5.67. The number of amides is 1. The van der Waals surface area contributed by atoms with Crippen LogP contribution >= 0.6 is 0 Å². The molecule has 0 fully saturated rings. The number of aryl methyl sites for hydroxylation is 1. The van der Waals surface area contributed by atoms with E-state index in [0.29, 0.717) is 24.4 Å². The lowest BCUT2D eigenvalue weighted by Gasteiger charge is -2.17. The molecule has 0 spiro atoms. The van der Waals surface area contributed by atoms with Crippen LogP contribution in [0.5, 0.6) is 0 Å². The average Bonchev–Trinajstić information content (AvgIpc) is 2.36. The van der Waals surface area contributed by atoms with E-state index in [-0.39, 0.29) is 17.4 Å². The van der Waals surface area contributed by atoms with Crippen LogP contribution in [0.4, 0.5) is 15.8 Å². The second kappa shape index (κ2) is 6.94. The molecule has 0 aromatic heterocycles. The number of nitrogens with one attached hydrogen (secondary N) is 2. The first-order chi connectivity index (χ1) is 8.95. The summed E-state index contributed by atoms with van der Waals surface area (Å²) in [4.78, 5) is 11.7. The first-order valence-corrected chi connectivity index (χ1v) is 6.04. The summed E-state index contributed by atoms with van der Waals surface area (Å²) in [7, 11) is 1.57.